The molecular weight excluding hydrogens is 423 g/mol. The summed E-state index contributed by atoms with van der Waals surface area (Å²) in [4.78, 5) is 8.36. The van der Waals surface area contributed by atoms with Crippen molar-refractivity contribution < 1.29 is 26.0 Å². The SMILES string of the molecule is CCS(=O)(=O)NCC(Cc1ncc(-c2nnc(C(F)F)o2)cn1)c1ccc(F)cc1. The van der Waals surface area contributed by atoms with Crippen LogP contribution in [0.1, 0.15) is 36.5 Å². The van der Waals surface area contributed by atoms with Crippen molar-refractivity contribution in [3.05, 3.63) is 59.8 Å². The van der Waals surface area contributed by atoms with Gasteiger partial charge in [0.15, 0.2) is 0 Å². The summed E-state index contributed by atoms with van der Waals surface area (Å²) in [5.74, 6) is -1.39. The fraction of sp³-hybridized carbons (Fsp3) is 0.333. The molecule has 12 heteroatoms. The summed E-state index contributed by atoms with van der Waals surface area (Å²) in [5, 5.41) is 6.78. The van der Waals surface area contributed by atoms with Gasteiger partial charge in [-0.3, -0.25) is 0 Å². The molecule has 0 amide bonds. The molecule has 0 saturated carbocycles. The Morgan fingerprint density at radius 2 is 1.77 bits per heavy atom. The van der Waals surface area contributed by atoms with Gasteiger partial charge in [-0.1, -0.05) is 12.1 Å². The lowest BCUT2D eigenvalue weighted by Gasteiger charge is -2.17. The van der Waals surface area contributed by atoms with Gasteiger partial charge in [-0.05, 0) is 24.6 Å². The van der Waals surface area contributed by atoms with Crippen LogP contribution in [0.3, 0.4) is 0 Å². The monoisotopic (exact) mass is 441 g/mol. The summed E-state index contributed by atoms with van der Waals surface area (Å²) in [6.07, 6.45) is 0.0749. The zero-order valence-corrected chi connectivity index (χ0v) is 16.6. The first-order valence-corrected chi connectivity index (χ1v) is 10.6. The summed E-state index contributed by atoms with van der Waals surface area (Å²) >= 11 is 0. The Hall–Kier alpha value is -2.86. The molecule has 1 atom stereocenters. The summed E-state index contributed by atoms with van der Waals surface area (Å²) in [7, 11) is -3.42. The average molecular weight is 441 g/mol. The molecule has 0 saturated heterocycles. The van der Waals surface area contributed by atoms with Gasteiger partial charge >= 0.3 is 6.43 Å². The predicted octanol–water partition coefficient (Wildman–Crippen LogP) is 2.87. The lowest BCUT2D eigenvalue weighted by Crippen LogP contribution is -2.30. The zero-order valence-electron chi connectivity index (χ0n) is 15.8. The molecule has 0 aliphatic heterocycles. The van der Waals surface area contributed by atoms with E-state index in [9.17, 15) is 21.6 Å². The first-order valence-electron chi connectivity index (χ1n) is 8.93. The van der Waals surface area contributed by atoms with Crippen LogP contribution >= 0.6 is 0 Å². The maximum absolute atomic E-state index is 13.3. The van der Waals surface area contributed by atoms with Crippen LogP contribution < -0.4 is 4.72 Å². The van der Waals surface area contributed by atoms with Crippen LogP contribution in [0.2, 0.25) is 0 Å². The molecule has 3 rings (SSSR count). The number of alkyl halides is 2. The van der Waals surface area contributed by atoms with Crippen molar-refractivity contribution in [3.63, 3.8) is 0 Å². The van der Waals surface area contributed by atoms with Crippen LogP contribution in [-0.4, -0.2) is 40.9 Å². The summed E-state index contributed by atoms with van der Waals surface area (Å²) in [6, 6.07) is 5.71. The molecule has 30 heavy (non-hydrogen) atoms. The van der Waals surface area contributed by atoms with Crippen molar-refractivity contribution in [2.45, 2.75) is 25.7 Å². The number of halogens is 3. The topological polar surface area (TPSA) is 111 Å². The van der Waals surface area contributed by atoms with Gasteiger partial charge in [0, 0.05) is 31.3 Å². The molecule has 2 heterocycles. The third-order valence-electron chi connectivity index (χ3n) is 4.28. The maximum atomic E-state index is 13.3. The van der Waals surface area contributed by atoms with Crippen molar-refractivity contribution in [2.24, 2.45) is 0 Å². The third-order valence-corrected chi connectivity index (χ3v) is 5.65. The lowest BCUT2D eigenvalue weighted by atomic mass is 9.95. The number of nitrogens with zero attached hydrogens (tertiary/aromatic N) is 4. The fourth-order valence-electron chi connectivity index (χ4n) is 2.60. The molecule has 1 aromatic carbocycles. The number of aromatic nitrogens is 4. The lowest BCUT2D eigenvalue weighted by molar-refractivity contribution is 0.116. The van der Waals surface area contributed by atoms with Gasteiger partial charge in [-0.25, -0.2) is 27.5 Å². The van der Waals surface area contributed by atoms with E-state index in [2.05, 4.69) is 24.9 Å². The van der Waals surface area contributed by atoms with Crippen molar-refractivity contribution in [3.8, 4) is 11.5 Å². The molecule has 0 bridgehead atoms. The van der Waals surface area contributed by atoms with E-state index in [1.807, 2.05) is 0 Å². The van der Waals surface area contributed by atoms with Crippen LogP contribution in [-0.2, 0) is 16.4 Å². The van der Waals surface area contributed by atoms with Crippen molar-refractivity contribution in [1.29, 1.82) is 0 Å². The van der Waals surface area contributed by atoms with Gasteiger partial charge in [-0.15, -0.1) is 10.2 Å². The Morgan fingerprint density at radius 1 is 1.10 bits per heavy atom. The number of sulfonamides is 1. The first-order chi connectivity index (χ1) is 14.3. The minimum Gasteiger partial charge on any atom is -0.415 e. The molecule has 0 fully saturated rings. The van der Waals surface area contributed by atoms with Crippen LogP contribution in [0.4, 0.5) is 13.2 Å². The standard InChI is InChI=1S/C18H18F3N5O3S/c1-2-30(27,28)24-10-12(11-3-5-14(19)6-4-11)7-15-22-8-13(9-23-15)17-25-26-18(29-17)16(20)21/h3-6,8-9,12,16,24H,2,7,10H2,1H3. The molecule has 0 radical (unpaired) electrons. The number of benzene rings is 1. The highest BCUT2D eigenvalue weighted by molar-refractivity contribution is 7.89. The Bertz CT molecular complexity index is 1070. The van der Waals surface area contributed by atoms with E-state index in [-0.39, 0.29) is 36.1 Å². The van der Waals surface area contributed by atoms with E-state index in [4.69, 9.17) is 4.42 Å². The second kappa shape index (κ2) is 9.30. The number of rotatable bonds is 9. The molecule has 0 aliphatic carbocycles. The Labute approximate surface area is 170 Å². The second-order valence-corrected chi connectivity index (χ2v) is 8.43. The van der Waals surface area contributed by atoms with Gasteiger partial charge in [0.05, 0.1) is 11.3 Å². The van der Waals surface area contributed by atoms with Gasteiger partial charge in [0.2, 0.25) is 10.0 Å². The largest absolute Gasteiger partial charge is 0.415 e. The highest BCUT2D eigenvalue weighted by Gasteiger charge is 2.19. The number of hydrogen-bond acceptors (Lipinski definition) is 7. The quantitative estimate of drug-likeness (QED) is 0.544. The van der Waals surface area contributed by atoms with Crippen molar-refractivity contribution >= 4 is 10.0 Å². The number of hydrogen-bond donors (Lipinski definition) is 1. The molecule has 160 valence electrons. The van der Waals surface area contributed by atoms with E-state index in [0.29, 0.717) is 11.4 Å². The Kier molecular flexibility index (Phi) is 6.77. The van der Waals surface area contributed by atoms with Gasteiger partial charge in [-0.2, -0.15) is 8.78 Å². The minimum atomic E-state index is -3.42. The highest BCUT2D eigenvalue weighted by Crippen LogP contribution is 2.23. The summed E-state index contributed by atoms with van der Waals surface area (Å²) in [6.45, 7) is 1.60. The van der Waals surface area contributed by atoms with E-state index in [1.54, 1.807) is 12.1 Å². The molecule has 3 aromatic rings. The normalized spacial score (nSPS) is 13.0. The van der Waals surface area contributed by atoms with E-state index < -0.39 is 28.2 Å². The molecular formula is C18H18F3N5O3S. The van der Waals surface area contributed by atoms with Gasteiger partial charge < -0.3 is 4.42 Å². The summed E-state index contributed by atoms with van der Waals surface area (Å²) < 4.78 is 69.4. The molecule has 1 unspecified atom stereocenters. The van der Waals surface area contributed by atoms with Crippen LogP contribution in [0.25, 0.3) is 11.5 Å². The predicted molar refractivity (Wildman–Crippen MR) is 101 cm³/mol. The van der Waals surface area contributed by atoms with Crippen LogP contribution in [0.15, 0.2) is 41.1 Å². The van der Waals surface area contributed by atoms with Gasteiger partial charge in [0.1, 0.15) is 11.6 Å². The molecule has 2 aromatic heterocycles. The molecule has 0 spiro atoms. The minimum absolute atomic E-state index is 0.0703. The third kappa shape index (κ3) is 5.60. The van der Waals surface area contributed by atoms with Crippen molar-refractivity contribution in [2.75, 3.05) is 12.3 Å². The molecule has 1 N–H and O–H groups in total. The maximum Gasteiger partial charge on any atom is 0.314 e. The highest BCUT2D eigenvalue weighted by atomic mass is 32.2. The van der Waals surface area contributed by atoms with Gasteiger partial charge in [0.25, 0.3) is 11.8 Å². The number of nitrogens with one attached hydrogen (secondary N) is 1. The summed E-state index contributed by atoms with van der Waals surface area (Å²) in [5.41, 5.74) is 0.976. The first kappa shape index (κ1) is 21.8. The van der Waals surface area contributed by atoms with E-state index in [0.717, 1.165) is 0 Å². The molecule has 8 nitrogen and oxygen atoms in total. The van der Waals surface area contributed by atoms with Crippen LogP contribution in [0.5, 0.6) is 0 Å². The van der Waals surface area contributed by atoms with Crippen LogP contribution in [0, 0.1) is 5.82 Å². The Balaban J connectivity index is 1.78. The van der Waals surface area contributed by atoms with Crippen molar-refractivity contribution in [1.82, 2.24) is 24.9 Å². The zero-order chi connectivity index (χ0) is 21.7. The smallest absolute Gasteiger partial charge is 0.314 e. The second-order valence-electron chi connectivity index (χ2n) is 6.34. The molecule has 0 aliphatic rings. The Morgan fingerprint density at radius 3 is 2.33 bits per heavy atom. The fourth-order valence-corrected chi connectivity index (χ4v) is 3.26. The van der Waals surface area contributed by atoms with E-state index in [1.165, 1.54) is 31.5 Å². The average Bonchev–Trinajstić information content (AvgIpc) is 3.23. The van der Waals surface area contributed by atoms with E-state index >= 15 is 0 Å².